The van der Waals surface area contributed by atoms with Crippen molar-refractivity contribution in [3.05, 3.63) is 21.7 Å². The molecule has 0 saturated carbocycles. The maximum atomic E-state index is 11.2. The molecule has 8 heteroatoms. The number of aromatic hydroxyl groups is 1. The maximum Gasteiger partial charge on any atom is 0.280 e. The zero-order valence-electron chi connectivity index (χ0n) is 12.4. The number of methoxy groups -OCH3 is 1. The van der Waals surface area contributed by atoms with E-state index in [1.807, 2.05) is 0 Å². The summed E-state index contributed by atoms with van der Waals surface area (Å²) in [6.45, 7) is -0.710. The highest BCUT2D eigenvalue weighted by molar-refractivity contribution is 5.63. The summed E-state index contributed by atoms with van der Waals surface area (Å²) in [5.41, 5.74) is 0.0114. The second-order valence-corrected chi connectivity index (χ2v) is 4.59. The minimum atomic E-state index is -0.710. The summed E-state index contributed by atoms with van der Waals surface area (Å²) >= 11 is 0. The van der Waals surface area contributed by atoms with Gasteiger partial charge in [0.15, 0.2) is 18.3 Å². The van der Waals surface area contributed by atoms with Crippen LogP contribution in [0.5, 0.6) is 17.2 Å². The number of hydrogen-bond acceptors (Lipinski definition) is 7. The standard InChI is InChI=1S/C14H20N2O6/c1-21-12-8-11(16(19)20)10(6-4-2-3-5-7-15)14(13(12)18)22-9-17/h7-8,15,17-18H,2-6,9H2,1H3. The Balaban J connectivity index is 3.11. The summed E-state index contributed by atoms with van der Waals surface area (Å²) in [4.78, 5) is 10.6. The summed E-state index contributed by atoms with van der Waals surface area (Å²) in [7, 11) is 1.28. The van der Waals surface area contributed by atoms with Crippen molar-refractivity contribution < 1.29 is 24.6 Å². The zero-order chi connectivity index (χ0) is 16.5. The molecular weight excluding hydrogens is 292 g/mol. The molecule has 0 aliphatic rings. The van der Waals surface area contributed by atoms with E-state index in [-0.39, 0.29) is 28.5 Å². The molecule has 0 radical (unpaired) electrons. The van der Waals surface area contributed by atoms with E-state index >= 15 is 0 Å². The van der Waals surface area contributed by atoms with Crippen molar-refractivity contribution in [3.63, 3.8) is 0 Å². The smallest absolute Gasteiger partial charge is 0.280 e. The van der Waals surface area contributed by atoms with Crippen LogP contribution in [0, 0.1) is 15.5 Å². The first-order valence-corrected chi connectivity index (χ1v) is 6.86. The molecule has 0 aliphatic heterocycles. The minimum absolute atomic E-state index is 0.0808. The molecule has 0 unspecified atom stereocenters. The Labute approximate surface area is 128 Å². The average molecular weight is 312 g/mol. The fourth-order valence-electron chi connectivity index (χ4n) is 2.16. The lowest BCUT2D eigenvalue weighted by molar-refractivity contribution is -0.385. The molecule has 0 saturated heterocycles. The molecule has 3 N–H and O–H groups in total. The van der Waals surface area contributed by atoms with Gasteiger partial charge in [-0.15, -0.1) is 0 Å². The van der Waals surface area contributed by atoms with E-state index in [4.69, 9.17) is 20.0 Å². The van der Waals surface area contributed by atoms with E-state index in [0.29, 0.717) is 19.3 Å². The van der Waals surface area contributed by atoms with Gasteiger partial charge in [-0.05, 0) is 31.9 Å². The first-order chi connectivity index (χ1) is 10.6. The Hall–Kier alpha value is -2.35. The van der Waals surface area contributed by atoms with Crippen LogP contribution in [-0.4, -0.2) is 35.3 Å². The quantitative estimate of drug-likeness (QED) is 0.200. The maximum absolute atomic E-state index is 11.2. The van der Waals surface area contributed by atoms with E-state index in [1.54, 1.807) is 0 Å². The van der Waals surface area contributed by atoms with Gasteiger partial charge < -0.3 is 25.1 Å². The Morgan fingerprint density at radius 2 is 2.14 bits per heavy atom. The van der Waals surface area contributed by atoms with Crippen molar-refractivity contribution in [2.75, 3.05) is 13.9 Å². The molecule has 0 spiro atoms. The van der Waals surface area contributed by atoms with Crippen LogP contribution in [0.4, 0.5) is 5.69 Å². The summed E-state index contributed by atoms with van der Waals surface area (Å²) < 4.78 is 9.86. The third-order valence-corrected chi connectivity index (χ3v) is 3.20. The number of phenolic OH excluding ortho intramolecular Hbond substituents is 1. The molecule has 0 bridgehead atoms. The van der Waals surface area contributed by atoms with Gasteiger partial charge in [-0.1, -0.05) is 6.42 Å². The van der Waals surface area contributed by atoms with Gasteiger partial charge in [-0.25, -0.2) is 0 Å². The van der Waals surface area contributed by atoms with Crippen LogP contribution in [0.3, 0.4) is 0 Å². The predicted octanol–water partition coefficient (Wildman–Crippen LogP) is 2.39. The summed E-state index contributed by atoms with van der Waals surface area (Å²) in [5.74, 6) is -0.569. The average Bonchev–Trinajstić information content (AvgIpc) is 2.50. The van der Waals surface area contributed by atoms with E-state index < -0.39 is 11.7 Å². The molecule has 0 atom stereocenters. The van der Waals surface area contributed by atoms with Crippen molar-refractivity contribution in [3.8, 4) is 17.2 Å². The second-order valence-electron chi connectivity index (χ2n) is 4.59. The third kappa shape index (κ3) is 4.32. The Bertz CT molecular complexity index is 533. The van der Waals surface area contributed by atoms with Gasteiger partial charge >= 0.3 is 0 Å². The molecular formula is C14H20N2O6. The van der Waals surface area contributed by atoms with Crippen molar-refractivity contribution in [2.24, 2.45) is 0 Å². The summed E-state index contributed by atoms with van der Waals surface area (Å²) in [5, 5.41) is 37.1. The van der Waals surface area contributed by atoms with Crippen LogP contribution in [0.2, 0.25) is 0 Å². The molecule has 0 aromatic heterocycles. The number of nitro benzene ring substituents is 1. The Kier molecular flexibility index (Phi) is 7.11. The molecule has 22 heavy (non-hydrogen) atoms. The van der Waals surface area contributed by atoms with Gasteiger partial charge in [-0.2, -0.15) is 0 Å². The van der Waals surface area contributed by atoms with E-state index in [0.717, 1.165) is 18.9 Å². The van der Waals surface area contributed by atoms with Crippen LogP contribution in [0.25, 0.3) is 0 Å². The molecule has 1 rings (SSSR count). The third-order valence-electron chi connectivity index (χ3n) is 3.20. The molecule has 1 aromatic carbocycles. The lowest BCUT2D eigenvalue weighted by Crippen LogP contribution is -2.04. The lowest BCUT2D eigenvalue weighted by atomic mass is 10.0. The van der Waals surface area contributed by atoms with Gasteiger partial charge in [0.1, 0.15) is 0 Å². The Morgan fingerprint density at radius 1 is 1.41 bits per heavy atom. The number of aliphatic hydroxyl groups excluding tert-OH is 1. The van der Waals surface area contributed by atoms with Crippen LogP contribution in [0.15, 0.2) is 6.07 Å². The topological polar surface area (TPSA) is 126 Å². The fourth-order valence-corrected chi connectivity index (χ4v) is 2.16. The minimum Gasteiger partial charge on any atom is -0.502 e. The van der Waals surface area contributed by atoms with Gasteiger partial charge in [0, 0.05) is 0 Å². The number of nitrogens with zero attached hydrogens (tertiary/aromatic N) is 1. The fraction of sp³-hybridized carbons (Fsp3) is 0.500. The number of hydrogen-bond donors (Lipinski definition) is 3. The van der Waals surface area contributed by atoms with Gasteiger partial charge in [0.05, 0.1) is 23.7 Å². The predicted molar refractivity (Wildman–Crippen MR) is 80.0 cm³/mol. The number of aliphatic hydroxyl groups is 1. The van der Waals surface area contributed by atoms with Crippen molar-refractivity contribution >= 4 is 11.9 Å². The molecule has 0 fully saturated rings. The summed E-state index contributed by atoms with van der Waals surface area (Å²) in [6.07, 6.45) is 4.55. The second kappa shape index (κ2) is 8.83. The number of nitro groups is 1. The summed E-state index contributed by atoms with van der Waals surface area (Å²) in [6, 6.07) is 1.15. The molecule has 0 aliphatic carbocycles. The van der Waals surface area contributed by atoms with Crippen LogP contribution >= 0.6 is 0 Å². The number of benzene rings is 1. The van der Waals surface area contributed by atoms with Crippen LogP contribution in [-0.2, 0) is 6.42 Å². The first-order valence-electron chi connectivity index (χ1n) is 6.86. The SMILES string of the molecule is COc1cc([N+](=O)[O-])c(CCCCCC=N)c(OCO)c1O. The van der Waals surface area contributed by atoms with E-state index in [9.17, 15) is 15.2 Å². The molecule has 8 nitrogen and oxygen atoms in total. The highest BCUT2D eigenvalue weighted by Gasteiger charge is 2.26. The van der Waals surface area contributed by atoms with Crippen LogP contribution in [0.1, 0.15) is 31.2 Å². The van der Waals surface area contributed by atoms with Crippen molar-refractivity contribution in [1.29, 1.82) is 5.41 Å². The molecule has 0 heterocycles. The number of ether oxygens (including phenoxy) is 2. The normalized spacial score (nSPS) is 10.3. The zero-order valence-corrected chi connectivity index (χ0v) is 12.4. The highest BCUT2D eigenvalue weighted by atomic mass is 16.6. The van der Waals surface area contributed by atoms with Gasteiger partial charge in [-0.3, -0.25) is 10.1 Å². The van der Waals surface area contributed by atoms with E-state index in [1.165, 1.54) is 13.3 Å². The number of unbranched alkanes of at least 4 members (excludes halogenated alkanes) is 3. The first kappa shape index (κ1) is 17.7. The van der Waals surface area contributed by atoms with Crippen molar-refractivity contribution in [1.82, 2.24) is 0 Å². The largest absolute Gasteiger partial charge is 0.502 e. The number of phenols is 1. The van der Waals surface area contributed by atoms with Gasteiger partial charge in [0.2, 0.25) is 5.75 Å². The molecule has 122 valence electrons. The number of nitrogens with one attached hydrogen (secondary N) is 1. The van der Waals surface area contributed by atoms with Crippen LogP contribution < -0.4 is 9.47 Å². The van der Waals surface area contributed by atoms with Crippen molar-refractivity contribution in [2.45, 2.75) is 32.1 Å². The monoisotopic (exact) mass is 312 g/mol. The van der Waals surface area contributed by atoms with E-state index in [2.05, 4.69) is 0 Å². The lowest BCUT2D eigenvalue weighted by Gasteiger charge is -2.14. The molecule has 0 amide bonds. The number of rotatable bonds is 10. The highest BCUT2D eigenvalue weighted by Crippen LogP contribution is 2.44. The molecule has 1 aromatic rings. The Morgan fingerprint density at radius 3 is 2.68 bits per heavy atom. The van der Waals surface area contributed by atoms with Gasteiger partial charge in [0.25, 0.3) is 5.69 Å².